The van der Waals surface area contributed by atoms with Gasteiger partial charge in [0, 0.05) is 42.0 Å². The molecule has 1 unspecified atom stereocenters. The van der Waals surface area contributed by atoms with Crippen molar-refractivity contribution >= 4 is 35.0 Å². The molecule has 49 heavy (non-hydrogen) atoms. The third-order valence-electron chi connectivity index (χ3n) is 7.30. The van der Waals surface area contributed by atoms with Crippen molar-refractivity contribution in [3.8, 4) is 5.75 Å². The third-order valence-corrected chi connectivity index (χ3v) is 7.30. The summed E-state index contributed by atoms with van der Waals surface area (Å²) in [5.41, 5.74) is 3.66. The van der Waals surface area contributed by atoms with Crippen molar-refractivity contribution in [2.45, 2.75) is 19.1 Å². The van der Waals surface area contributed by atoms with E-state index in [1.54, 1.807) is 48.5 Å². The van der Waals surface area contributed by atoms with Crippen molar-refractivity contribution in [2.24, 2.45) is 9.98 Å². The molecule has 6 N–H and O–H groups in total. The molecule has 1 aliphatic rings. The maximum Gasteiger partial charge on any atom is 0.251 e. The minimum absolute atomic E-state index is 0.129. The zero-order chi connectivity index (χ0) is 34.1. The molecule has 4 aromatic carbocycles. The Balaban J connectivity index is 1.09. The number of carbonyl (C=O) groups excluding carboxylic acids is 2. The zero-order valence-corrected chi connectivity index (χ0v) is 27.1. The Morgan fingerprint density at radius 2 is 1.47 bits per heavy atom. The molecule has 0 aliphatic carbocycles. The van der Waals surface area contributed by atoms with Gasteiger partial charge in [0.2, 0.25) is 5.96 Å². The number of aromatic hydroxyl groups is 1. The lowest BCUT2D eigenvalue weighted by atomic mass is 10.1. The maximum atomic E-state index is 12.9. The van der Waals surface area contributed by atoms with Crippen LogP contribution in [0.4, 0.5) is 11.4 Å². The van der Waals surface area contributed by atoms with Crippen LogP contribution in [-0.4, -0.2) is 74.4 Å². The number of phenols is 1. The monoisotopic (exact) mass is 663 g/mol. The van der Waals surface area contributed by atoms with Gasteiger partial charge >= 0.3 is 0 Å². The summed E-state index contributed by atoms with van der Waals surface area (Å²) in [5.74, 6) is 1.06. The molecule has 0 saturated heterocycles. The van der Waals surface area contributed by atoms with Crippen LogP contribution in [0.25, 0.3) is 0 Å². The number of hydrogen-bond donors (Lipinski definition) is 6. The number of amidine groups is 1. The standard InChI is InChI=1S/C37H41N7O5/c45-32-16-14-30(15-17-32)42-37-43-33(38-18-20-48-22-23-49-21-19-39-35(46)28-10-5-2-6-11-28)25-34(44-37)41-31-13-7-12-29(24-31)36(47)40-26-27-8-3-1-4-9-27/h1-17,24,34,41,45H,18-23,25-26H2,(H,39,46)(H,40,47)(H2,38,42,43,44). The molecule has 0 bridgehead atoms. The van der Waals surface area contributed by atoms with Crippen molar-refractivity contribution in [2.75, 3.05) is 50.2 Å². The van der Waals surface area contributed by atoms with E-state index in [0.717, 1.165) is 16.9 Å². The molecule has 12 nitrogen and oxygen atoms in total. The highest BCUT2D eigenvalue weighted by atomic mass is 16.5. The van der Waals surface area contributed by atoms with Gasteiger partial charge in [-0.15, -0.1) is 0 Å². The van der Waals surface area contributed by atoms with Gasteiger partial charge < -0.3 is 41.2 Å². The van der Waals surface area contributed by atoms with Crippen molar-refractivity contribution in [1.29, 1.82) is 0 Å². The van der Waals surface area contributed by atoms with Crippen LogP contribution in [-0.2, 0) is 16.0 Å². The molecule has 0 aromatic heterocycles. The summed E-state index contributed by atoms with van der Waals surface area (Å²) >= 11 is 0. The Morgan fingerprint density at radius 1 is 0.776 bits per heavy atom. The highest BCUT2D eigenvalue weighted by molar-refractivity contribution is 6.08. The first-order valence-corrected chi connectivity index (χ1v) is 16.1. The zero-order valence-electron chi connectivity index (χ0n) is 27.1. The number of carbonyl (C=O) groups is 2. The van der Waals surface area contributed by atoms with Gasteiger partial charge in [-0.25, -0.2) is 4.99 Å². The number of benzene rings is 4. The molecule has 0 spiro atoms. The first kappa shape index (κ1) is 34.6. The first-order chi connectivity index (χ1) is 24.0. The largest absolute Gasteiger partial charge is 0.508 e. The van der Waals surface area contributed by atoms with E-state index in [1.807, 2.05) is 60.7 Å². The van der Waals surface area contributed by atoms with Crippen molar-refractivity contribution in [3.63, 3.8) is 0 Å². The van der Waals surface area contributed by atoms with E-state index < -0.39 is 0 Å². The lowest BCUT2D eigenvalue weighted by Crippen LogP contribution is -2.44. The van der Waals surface area contributed by atoms with Crippen molar-refractivity contribution in [1.82, 2.24) is 16.0 Å². The number of nitrogens with one attached hydrogen (secondary N) is 5. The van der Waals surface area contributed by atoms with Crippen LogP contribution in [0.1, 0.15) is 32.7 Å². The predicted molar refractivity (Wildman–Crippen MR) is 191 cm³/mol. The summed E-state index contributed by atoms with van der Waals surface area (Å²) < 4.78 is 11.3. The van der Waals surface area contributed by atoms with Crippen molar-refractivity contribution in [3.05, 3.63) is 126 Å². The molecular weight excluding hydrogens is 622 g/mol. The third kappa shape index (κ3) is 11.8. The van der Waals surface area contributed by atoms with Crippen LogP contribution in [0.2, 0.25) is 0 Å². The van der Waals surface area contributed by atoms with Crippen LogP contribution in [0.3, 0.4) is 0 Å². The minimum atomic E-state index is -0.376. The molecule has 0 saturated carbocycles. The average Bonchev–Trinajstić information content (AvgIpc) is 3.13. The molecule has 254 valence electrons. The second kappa shape index (κ2) is 18.6. The SMILES string of the molecule is O=C(NCCOCCOCCN=C1CC(Nc2cccc(C(=O)NCc3ccccc3)c2)N=C(Nc2ccc(O)cc2)N1)c1ccccc1. The van der Waals surface area contributed by atoms with Gasteiger partial charge in [0.25, 0.3) is 11.8 Å². The van der Waals surface area contributed by atoms with E-state index in [9.17, 15) is 14.7 Å². The number of guanidine groups is 1. The number of hydrogen-bond acceptors (Lipinski definition) is 9. The topological polar surface area (TPSA) is 158 Å². The number of ether oxygens (including phenoxy) is 2. The van der Waals surface area contributed by atoms with E-state index in [1.165, 1.54) is 0 Å². The maximum absolute atomic E-state index is 12.9. The quantitative estimate of drug-likeness (QED) is 0.0762. The van der Waals surface area contributed by atoms with Gasteiger partial charge in [-0.2, -0.15) is 0 Å². The smallest absolute Gasteiger partial charge is 0.251 e. The molecule has 1 heterocycles. The van der Waals surface area contributed by atoms with E-state index in [-0.39, 0.29) is 23.7 Å². The van der Waals surface area contributed by atoms with Gasteiger partial charge in [-0.05, 0) is 60.2 Å². The van der Waals surface area contributed by atoms with Crippen LogP contribution in [0.15, 0.2) is 119 Å². The fraction of sp³-hybridized carbons (Fsp3) is 0.243. The number of amides is 2. The van der Waals surface area contributed by atoms with Gasteiger partial charge in [-0.3, -0.25) is 14.6 Å². The van der Waals surface area contributed by atoms with Gasteiger partial charge in [0.15, 0.2) is 0 Å². The van der Waals surface area contributed by atoms with Gasteiger partial charge in [-0.1, -0.05) is 54.6 Å². The van der Waals surface area contributed by atoms with Crippen LogP contribution >= 0.6 is 0 Å². The second-order valence-corrected chi connectivity index (χ2v) is 11.1. The van der Waals surface area contributed by atoms with Crippen LogP contribution < -0.4 is 26.6 Å². The highest BCUT2D eigenvalue weighted by Crippen LogP contribution is 2.18. The molecule has 1 aliphatic heterocycles. The number of anilines is 2. The lowest BCUT2D eigenvalue weighted by Gasteiger charge is -2.26. The molecule has 5 rings (SSSR count). The number of phenolic OH excluding ortho intramolecular Hbond substituents is 1. The fourth-order valence-electron chi connectivity index (χ4n) is 4.86. The summed E-state index contributed by atoms with van der Waals surface area (Å²) in [5, 5.41) is 25.4. The van der Waals surface area contributed by atoms with Crippen molar-refractivity contribution < 1.29 is 24.2 Å². The van der Waals surface area contributed by atoms with E-state index in [0.29, 0.717) is 75.4 Å². The Morgan fingerprint density at radius 3 is 2.24 bits per heavy atom. The number of nitrogens with zero attached hydrogens (tertiary/aromatic N) is 2. The first-order valence-electron chi connectivity index (χ1n) is 16.1. The Labute approximate surface area is 285 Å². The summed E-state index contributed by atoms with van der Waals surface area (Å²) in [4.78, 5) is 34.4. The van der Waals surface area contributed by atoms with Gasteiger partial charge in [0.1, 0.15) is 17.8 Å². The lowest BCUT2D eigenvalue weighted by molar-refractivity contribution is 0.0512. The average molecular weight is 664 g/mol. The molecule has 2 amide bonds. The molecular formula is C37H41N7O5. The van der Waals surface area contributed by atoms with Gasteiger partial charge in [0.05, 0.1) is 33.0 Å². The Bertz CT molecular complexity index is 1700. The fourth-order valence-corrected chi connectivity index (χ4v) is 4.86. The molecule has 0 fully saturated rings. The number of aliphatic imine (C=N–C) groups is 2. The second-order valence-electron chi connectivity index (χ2n) is 11.1. The van der Waals surface area contributed by atoms with E-state index in [4.69, 9.17) is 19.5 Å². The normalized spacial score (nSPS) is 14.7. The van der Waals surface area contributed by atoms with E-state index >= 15 is 0 Å². The molecule has 12 heteroatoms. The van der Waals surface area contributed by atoms with Crippen LogP contribution in [0, 0.1) is 0 Å². The van der Waals surface area contributed by atoms with E-state index in [2.05, 4.69) is 26.6 Å². The summed E-state index contributed by atoms with van der Waals surface area (Å²) in [6.07, 6.45) is 0.0992. The molecule has 0 radical (unpaired) electrons. The summed E-state index contributed by atoms with van der Waals surface area (Å²) in [6, 6.07) is 32.8. The summed E-state index contributed by atoms with van der Waals surface area (Å²) in [6.45, 7) is 2.86. The highest BCUT2D eigenvalue weighted by Gasteiger charge is 2.20. The minimum Gasteiger partial charge on any atom is -0.508 e. The molecule has 1 atom stereocenters. The number of rotatable bonds is 16. The molecule has 4 aromatic rings. The van der Waals surface area contributed by atoms with Crippen LogP contribution in [0.5, 0.6) is 5.75 Å². The Hall–Kier alpha value is -5.72. The Kier molecular flexibility index (Phi) is 13.1. The predicted octanol–water partition coefficient (Wildman–Crippen LogP) is 4.38. The summed E-state index contributed by atoms with van der Waals surface area (Å²) in [7, 11) is 0.